The summed E-state index contributed by atoms with van der Waals surface area (Å²) in [6.07, 6.45) is 0. The minimum Gasteiger partial charge on any atom is -0.296 e. The molecule has 83 valence electrons. The fourth-order valence-corrected chi connectivity index (χ4v) is 1.65. The van der Waals surface area contributed by atoms with Crippen LogP contribution in [0.3, 0.4) is 0 Å². The van der Waals surface area contributed by atoms with E-state index in [0.29, 0.717) is 5.56 Å². The molecule has 0 bridgehead atoms. The van der Waals surface area contributed by atoms with E-state index in [-0.39, 0.29) is 29.6 Å². The van der Waals surface area contributed by atoms with Crippen LogP contribution in [0.1, 0.15) is 10.4 Å². The minimum absolute atomic E-state index is 0. The van der Waals surface area contributed by atoms with Gasteiger partial charge in [0.1, 0.15) is 0 Å². The third-order valence-electron chi connectivity index (χ3n) is 1.76. The molecule has 0 saturated carbocycles. The van der Waals surface area contributed by atoms with Crippen molar-refractivity contribution in [3.8, 4) is 0 Å². The quantitative estimate of drug-likeness (QED) is 0.650. The number of hydrogen-bond donors (Lipinski definition) is 1. The van der Waals surface area contributed by atoms with Gasteiger partial charge in [0.05, 0.1) is 0 Å². The van der Waals surface area contributed by atoms with Crippen LogP contribution in [-0.4, -0.2) is 49.7 Å². The second kappa shape index (κ2) is 7.22. The fraction of sp³-hybridized carbons (Fsp3) is 0.222. The van der Waals surface area contributed by atoms with Crippen molar-refractivity contribution in [2.75, 3.05) is 14.2 Å². The van der Waals surface area contributed by atoms with Gasteiger partial charge in [-0.3, -0.25) is 18.9 Å². The van der Waals surface area contributed by atoms with Crippen LogP contribution >= 0.6 is 7.75 Å². The second-order valence-corrected chi connectivity index (χ2v) is 4.62. The normalized spacial score (nSPS) is 10.4. The Bertz CT molecular complexity index is 376. The Morgan fingerprint density at radius 2 is 1.69 bits per heavy atom. The topological polar surface area (TPSA) is 64.6 Å². The van der Waals surface area contributed by atoms with Crippen molar-refractivity contribution < 1.29 is 18.4 Å². The van der Waals surface area contributed by atoms with Crippen LogP contribution in [0.25, 0.3) is 0 Å². The summed E-state index contributed by atoms with van der Waals surface area (Å²) in [6, 6.07) is 8.40. The maximum atomic E-state index is 11.6. The van der Waals surface area contributed by atoms with E-state index in [1.165, 1.54) is 14.2 Å². The molecule has 7 heteroatoms. The predicted molar refractivity (Wildman–Crippen MR) is 61.3 cm³/mol. The van der Waals surface area contributed by atoms with E-state index >= 15 is 0 Å². The summed E-state index contributed by atoms with van der Waals surface area (Å²) < 4.78 is 20.7. The number of carbonyl (C=O) groups excluding carboxylic acids is 1. The Kier molecular flexibility index (Phi) is 7.15. The largest absolute Gasteiger partial charge is 0.434 e. The van der Waals surface area contributed by atoms with Crippen molar-refractivity contribution in [1.82, 2.24) is 5.09 Å². The van der Waals surface area contributed by atoms with Crippen molar-refractivity contribution in [2.24, 2.45) is 0 Å². The first-order valence-electron chi connectivity index (χ1n) is 4.20. The molecule has 0 unspecified atom stereocenters. The number of amides is 1. The van der Waals surface area contributed by atoms with Crippen molar-refractivity contribution in [2.45, 2.75) is 0 Å². The molecule has 5 nitrogen and oxygen atoms in total. The zero-order chi connectivity index (χ0) is 11.3. The fourth-order valence-electron chi connectivity index (χ4n) is 0.944. The maximum absolute atomic E-state index is 11.6. The van der Waals surface area contributed by atoms with Crippen molar-refractivity contribution >= 4 is 43.2 Å². The molecule has 1 N–H and O–H groups in total. The van der Waals surface area contributed by atoms with Crippen LogP contribution in [0, 0.1) is 0 Å². The smallest absolute Gasteiger partial charge is 0.296 e. The molecular weight excluding hydrogens is 240 g/mol. The second-order valence-electron chi connectivity index (χ2n) is 2.67. The third-order valence-corrected chi connectivity index (χ3v) is 3.19. The molecule has 0 aliphatic heterocycles. The van der Waals surface area contributed by atoms with Gasteiger partial charge in [0.2, 0.25) is 0 Å². The first-order chi connectivity index (χ1) is 7.11. The Labute approximate surface area is 116 Å². The van der Waals surface area contributed by atoms with Gasteiger partial charge in [-0.25, -0.2) is 4.57 Å². The summed E-state index contributed by atoms with van der Waals surface area (Å²) in [5.74, 6) is -0.498. The molecular formula is C9H12NNaO4P. The molecule has 0 aliphatic carbocycles. The number of benzene rings is 1. The molecule has 1 rings (SSSR count). The molecule has 0 fully saturated rings. The maximum Gasteiger partial charge on any atom is 0.434 e. The summed E-state index contributed by atoms with van der Waals surface area (Å²) in [4.78, 5) is 11.5. The van der Waals surface area contributed by atoms with Gasteiger partial charge in [0.25, 0.3) is 5.91 Å². The molecule has 16 heavy (non-hydrogen) atoms. The summed E-state index contributed by atoms with van der Waals surface area (Å²) in [6.45, 7) is 0. The monoisotopic (exact) mass is 252 g/mol. The van der Waals surface area contributed by atoms with Gasteiger partial charge >= 0.3 is 7.75 Å². The average Bonchev–Trinajstić information content (AvgIpc) is 2.30. The standard InChI is InChI=1S/C9H12NO4P.Na/c1-13-15(12,14-2)10-9(11)8-6-4-3-5-7-8;/h3-7H,1-2H3,(H,10,11,12);. The number of carbonyl (C=O) groups is 1. The summed E-state index contributed by atoms with van der Waals surface area (Å²) >= 11 is 0. The van der Waals surface area contributed by atoms with E-state index in [0.717, 1.165) is 0 Å². The van der Waals surface area contributed by atoms with Crippen LogP contribution in [0.5, 0.6) is 0 Å². The van der Waals surface area contributed by atoms with E-state index in [2.05, 4.69) is 14.1 Å². The molecule has 1 aromatic rings. The molecule has 0 heterocycles. The Morgan fingerprint density at radius 1 is 1.19 bits per heavy atom. The van der Waals surface area contributed by atoms with Gasteiger partial charge in [-0.15, -0.1) is 0 Å². The van der Waals surface area contributed by atoms with E-state index in [9.17, 15) is 9.36 Å². The minimum atomic E-state index is -3.50. The van der Waals surface area contributed by atoms with E-state index < -0.39 is 13.7 Å². The summed E-state index contributed by atoms with van der Waals surface area (Å²) in [5, 5.41) is 2.18. The van der Waals surface area contributed by atoms with Crippen molar-refractivity contribution in [3.05, 3.63) is 35.9 Å². The number of hydrogen-bond acceptors (Lipinski definition) is 4. The van der Waals surface area contributed by atoms with Gasteiger partial charge < -0.3 is 0 Å². The van der Waals surface area contributed by atoms with Gasteiger partial charge in [-0.05, 0) is 12.1 Å². The van der Waals surface area contributed by atoms with Gasteiger partial charge in [-0.1, -0.05) is 18.2 Å². The average molecular weight is 252 g/mol. The molecule has 1 aromatic carbocycles. The van der Waals surface area contributed by atoms with E-state index in [1.54, 1.807) is 30.3 Å². The number of nitrogens with one attached hydrogen (secondary N) is 1. The van der Waals surface area contributed by atoms with Crippen molar-refractivity contribution in [1.29, 1.82) is 0 Å². The zero-order valence-electron chi connectivity index (χ0n) is 9.47. The van der Waals surface area contributed by atoms with Gasteiger partial charge in [0, 0.05) is 49.3 Å². The SMILES string of the molecule is COP(=O)(NC(=O)c1ccccc1)OC.[Na]. The molecule has 0 saturated heterocycles. The first-order valence-corrected chi connectivity index (χ1v) is 5.75. The molecule has 1 radical (unpaired) electrons. The van der Waals surface area contributed by atoms with Crippen LogP contribution in [0.2, 0.25) is 0 Å². The van der Waals surface area contributed by atoms with Crippen LogP contribution in [0.4, 0.5) is 0 Å². The zero-order valence-corrected chi connectivity index (χ0v) is 12.4. The third kappa shape index (κ3) is 4.37. The predicted octanol–water partition coefficient (Wildman–Crippen LogP) is 1.44. The molecule has 0 spiro atoms. The first kappa shape index (κ1) is 15.8. The Morgan fingerprint density at radius 3 is 2.12 bits per heavy atom. The molecule has 0 aliphatic rings. The Balaban J connectivity index is 0.00000225. The van der Waals surface area contributed by atoms with E-state index in [4.69, 9.17) is 0 Å². The molecule has 0 atom stereocenters. The van der Waals surface area contributed by atoms with Gasteiger partial charge in [-0.2, -0.15) is 0 Å². The number of rotatable bonds is 4. The summed E-state index contributed by atoms with van der Waals surface area (Å²) in [5.41, 5.74) is 0.395. The molecule has 0 aromatic heterocycles. The van der Waals surface area contributed by atoms with E-state index in [1.807, 2.05) is 0 Å². The van der Waals surface area contributed by atoms with Crippen LogP contribution < -0.4 is 5.09 Å². The van der Waals surface area contributed by atoms with Crippen LogP contribution in [-0.2, 0) is 13.6 Å². The van der Waals surface area contributed by atoms with Crippen molar-refractivity contribution in [3.63, 3.8) is 0 Å². The molecule has 1 amide bonds. The van der Waals surface area contributed by atoms with Crippen LogP contribution in [0.15, 0.2) is 30.3 Å². The Hall–Kier alpha value is -0.160. The summed E-state index contributed by atoms with van der Waals surface area (Å²) in [7, 11) is -1.09. The van der Waals surface area contributed by atoms with Gasteiger partial charge in [0.15, 0.2) is 0 Å².